The summed E-state index contributed by atoms with van der Waals surface area (Å²) < 4.78 is 31.5. The maximum absolute atomic E-state index is 12.0. The molecular formula is C15H18N2O4S. The molecule has 0 fully saturated rings. The van der Waals surface area contributed by atoms with Crippen LogP contribution in [0, 0.1) is 6.92 Å². The van der Waals surface area contributed by atoms with Crippen LogP contribution in [-0.2, 0) is 10.0 Å². The topological polar surface area (TPSA) is 88.4 Å². The Kier molecular flexibility index (Phi) is 4.99. The molecule has 1 aromatic carbocycles. The Morgan fingerprint density at radius 1 is 1.18 bits per heavy atom. The Bertz CT molecular complexity index is 748. The molecule has 1 amide bonds. The Balaban J connectivity index is 2.09. The Hall–Kier alpha value is -2.12. The monoisotopic (exact) mass is 322 g/mol. The van der Waals surface area contributed by atoms with Crippen molar-refractivity contribution in [2.75, 3.05) is 11.9 Å². The van der Waals surface area contributed by atoms with Crippen molar-refractivity contribution in [2.24, 2.45) is 0 Å². The molecule has 0 radical (unpaired) electrons. The summed E-state index contributed by atoms with van der Waals surface area (Å²) in [5.41, 5.74) is 0.960. The van der Waals surface area contributed by atoms with Crippen LogP contribution in [-0.4, -0.2) is 20.9 Å². The highest BCUT2D eigenvalue weighted by atomic mass is 32.2. The maximum Gasteiger partial charge on any atom is 0.259 e. The molecule has 0 saturated carbocycles. The van der Waals surface area contributed by atoms with Crippen LogP contribution >= 0.6 is 0 Å². The zero-order valence-corrected chi connectivity index (χ0v) is 13.2. The van der Waals surface area contributed by atoms with Crippen molar-refractivity contribution in [3.63, 3.8) is 0 Å². The van der Waals surface area contributed by atoms with E-state index in [4.69, 9.17) is 4.42 Å². The predicted molar refractivity (Wildman–Crippen MR) is 83.3 cm³/mol. The van der Waals surface area contributed by atoms with Gasteiger partial charge in [-0.05, 0) is 43.7 Å². The molecule has 0 aliphatic heterocycles. The van der Waals surface area contributed by atoms with Gasteiger partial charge >= 0.3 is 0 Å². The van der Waals surface area contributed by atoms with Crippen LogP contribution in [0.2, 0.25) is 0 Å². The lowest BCUT2D eigenvalue weighted by Gasteiger charge is -2.08. The zero-order valence-electron chi connectivity index (χ0n) is 12.4. The van der Waals surface area contributed by atoms with Crippen molar-refractivity contribution in [3.8, 4) is 0 Å². The van der Waals surface area contributed by atoms with Gasteiger partial charge in [0.1, 0.15) is 5.76 Å². The van der Waals surface area contributed by atoms with Gasteiger partial charge in [0.25, 0.3) is 5.91 Å². The summed E-state index contributed by atoms with van der Waals surface area (Å²) in [5.74, 6) is 0.228. The van der Waals surface area contributed by atoms with Gasteiger partial charge in [-0.15, -0.1) is 0 Å². The number of furan rings is 1. The number of hydrogen-bond acceptors (Lipinski definition) is 4. The summed E-state index contributed by atoms with van der Waals surface area (Å²) in [7, 11) is -3.50. The quantitative estimate of drug-likeness (QED) is 0.855. The first-order valence-corrected chi connectivity index (χ1v) is 8.37. The molecule has 0 saturated heterocycles. The van der Waals surface area contributed by atoms with Gasteiger partial charge in [0.15, 0.2) is 0 Å². The number of sulfonamides is 1. The highest BCUT2D eigenvalue weighted by molar-refractivity contribution is 7.89. The summed E-state index contributed by atoms with van der Waals surface area (Å²) in [6, 6.07) is 7.59. The van der Waals surface area contributed by atoms with Crippen LogP contribution in [0.5, 0.6) is 0 Å². The van der Waals surface area contributed by atoms with E-state index in [0.717, 1.165) is 6.42 Å². The Morgan fingerprint density at radius 2 is 1.86 bits per heavy atom. The molecule has 0 bridgehead atoms. The van der Waals surface area contributed by atoms with E-state index < -0.39 is 10.0 Å². The number of aryl methyl sites for hydroxylation is 1. The van der Waals surface area contributed by atoms with Crippen LogP contribution in [0.1, 0.15) is 29.5 Å². The highest BCUT2D eigenvalue weighted by Gasteiger charge is 2.14. The molecule has 2 N–H and O–H groups in total. The highest BCUT2D eigenvalue weighted by Crippen LogP contribution is 2.16. The van der Waals surface area contributed by atoms with Gasteiger partial charge < -0.3 is 9.73 Å². The lowest BCUT2D eigenvalue weighted by molar-refractivity contribution is 0.102. The molecular weight excluding hydrogens is 304 g/mol. The number of nitrogens with one attached hydrogen (secondary N) is 2. The van der Waals surface area contributed by atoms with Crippen LogP contribution in [0.4, 0.5) is 5.69 Å². The molecule has 0 unspecified atom stereocenters. The van der Waals surface area contributed by atoms with Gasteiger partial charge in [-0.2, -0.15) is 0 Å². The molecule has 2 rings (SSSR count). The van der Waals surface area contributed by atoms with E-state index in [1.54, 1.807) is 25.1 Å². The minimum Gasteiger partial charge on any atom is -0.469 e. The van der Waals surface area contributed by atoms with Crippen molar-refractivity contribution in [1.82, 2.24) is 4.72 Å². The summed E-state index contributed by atoms with van der Waals surface area (Å²) in [4.78, 5) is 12.2. The third-order valence-corrected chi connectivity index (χ3v) is 4.54. The summed E-state index contributed by atoms with van der Waals surface area (Å²) >= 11 is 0. The Labute approximate surface area is 129 Å². The minimum absolute atomic E-state index is 0.165. The predicted octanol–water partition coefficient (Wildman–Crippen LogP) is 2.53. The smallest absolute Gasteiger partial charge is 0.259 e. The van der Waals surface area contributed by atoms with Crippen LogP contribution in [0.15, 0.2) is 45.9 Å². The van der Waals surface area contributed by atoms with Crippen LogP contribution in [0.25, 0.3) is 0 Å². The first-order chi connectivity index (χ1) is 10.4. The van der Waals surface area contributed by atoms with Gasteiger partial charge in [0.05, 0.1) is 16.7 Å². The molecule has 22 heavy (non-hydrogen) atoms. The average Bonchev–Trinajstić information content (AvgIpc) is 2.92. The molecule has 1 heterocycles. The number of carbonyl (C=O) groups excluding carboxylic acids is 1. The van der Waals surface area contributed by atoms with Gasteiger partial charge in [-0.3, -0.25) is 4.79 Å². The lowest BCUT2D eigenvalue weighted by Crippen LogP contribution is -2.24. The molecule has 0 atom stereocenters. The number of carbonyl (C=O) groups is 1. The van der Waals surface area contributed by atoms with E-state index in [1.165, 1.54) is 18.4 Å². The van der Waals surface area contributed by atoms with E-state index >= 15 is 0 Å². The van der Waals surface area contributed by atoms with Gasteiger partial charge in [-0.1, -0.05) is 6.92 Å². The summed E-state index contributed by atoms with van der Waals surface area (Å²) in [6.45, 7) is 3.98. The first-order valence-electron chi connectivity index (χ1n) is 6.89. The number of rotatable bonds is 6. The van der Waals surface area contributed by atoms with Crippen molar-refractivity contribution in [3.05, 3.63) is 47.9 Å². The van der Waals surface area contributed by atoms with E-state index in [9.17, 15) is 13.2 Å². The van der Waals surface area contributed by atoms with Crippen LogP contribution in [0.3, 0.4) is 0 Å². The van der Waals surface area contributed by atoms with Crippen molar-refractivity contribution in [1.29, 1.82) is 0 Å². The zero-order chi connectivity index (χ0) is 16.2. The molecule has 2 aromatic rings. The van der Waals surface area contributed by atoms with E-state index in [0.29, 0.717) is 23.6 Å². The second-order valence-corrected chi connectivity index (χ2v) is 6.53. The SMILES string of the molecule is CCCNS(=O)(=O)c1ccc(NC(=O)c2ccoc2C)cc1. The number of anilines is 1. The molecule has 118 valence electrons. The largest absolute Gasteiger partial charge is 0.469 e. The fourth-order valence-corrected chi connectivity index (χ4v) is 2.99. The number of hydrogen-bond donors (Lipinski definition) is 2. The Morgan fingerprint density at radius 3 is 2.41 bits per heavy atom. The minimum atomic E-state index is -3.50. The molecule has 0 spiro atoms. The summed E-state index contributed by atoms with van der Waals surface area (Å²) in [5, 5.41) is 2.69. The molecule has 6 nitrogen and oxygen atoms in total. The molecule has 7 heteroatoms. The van der Waals surface area contributed by atoms with Gasteiger partial charge in [0.2, 0.25) is 10.0 Å². The van der Waals surface area contributed by atoms with E-state index in [-0.39, 0.29) is 10.8 Å². The fourth-order valence-electron chi connectivity index (χ4n) is 1.86. The van der Waals surface area contributed by atoms with Crippen molar-refractivity contribution < 1.29 is 17.6 Å². The second-order valence-electron chi connectivity index (χ2n) is 4.77. The van der Waals surface area contributed by atoms with E-state index in [1.807, 2.05) is 6.92 Å². The molecule has 0 aliphatic carbocycles. The fraction of sp³-hybridized carbons (Fsp3) is 0.267. The van der Waals surface area contributed by atoms with Crippen LogP contribution < -0.4 is 10.0 Å². The van der Waals surface area contributed by atoms with Gasteiger partial charge in [-0.25, -0.2) is 13.1 Å². The van der Waals surface area contributed by atoms with Crippen molar-refractivity contribution >= 4 is 21.6 Å². The lowest BCUT2D eigenvalue weighted by atomic mass is 10.2. The van der Waals surface area contributed by atoms with Crippen molar-refractivity contribution in [2.45, 2.75) is 25.2 Å². The normalized spacial score (nSPS) is 11.4. The number of amides is 1. The third kappa shape index (κ3) is 3.75. The standard InChI is InChI=1S/C15H18N2O4S/c1-3-9-16-22(19,20)13-6-4-12(5-7-13)17-15(18)14-8-10-21-11(14)2/h4-8,10,16H,3,9H2,1-2H3,(H,17,18). The summed E-state index contributed by atoms with van der Waals surface area (Å²) in [6.07, 6.45) is 2.16. The van der Waals surface area contributed by atoms with Gasteiger partial charge in [0, 0.05) is 12.2 Å². The molecule has 0 aliphatic rings. The average molecular weight is 322 g/mol. The first kappa shape index (κ1) is 16.3. The third-order valence-electron chi connectivity index (χ3n) is 3.07. The maximum atomic E-state index is 12.0. The molecule has 1 aromatic heterocycles. The van der Waals surface area contributed by atoms with E-state index in [2.05, 4.69) is 10.0 Å². The second kappa shape index (κ2) is 6.76. The number of benzene rings is 1.